The highest BCUT2D eigenvalue weighted by molar-refractivity contribution is 5.99. The number of ketones is 1. The van der Waals surface area contributed by atoms with Gasteiger partial charge in [0.15, 0.2) is 6.10 Å². The van der Waals surface area contributed by atoms with E-state index in [9.17, 15) is 20.0 Å². The number of ether oxygens (including phenoxy) is 2. The first-order chi connectivity index (χ1) is 10.0. The molecule has 0 bridgehead atoms. The minimum Gasteiger partial charge on any atom is -0.385 e. The SMILES string of the molecule is CC#CC(=O)[C@@H](OCOC)[C@@H](O)c1ccc([N+](=O)[O-])cc1. The molecule has 0 aromatic heterocycles. The number of benzene rings is 1. The van der Waals surface area contributed by atoms with Gasteiger partial charge >= 0.3 is 0 Å². The average Bonchev–Trinajstić information content (AvgIpc) is 2.47. The number of nitro benzene ring substituents is 1. The van der Waals surface area contributed by atoms with E-state index in [2.05, 4.69) is 11.8 Å². The first-order valence-corrected chi connectivity index (χ1v) is 6.00. The molecule has 0 amide bonds. The third-order valence-corrected chi connectivity index (χ3v) is 2.60. The van der Waals surface area contributed by atoms with Crippen molar-refractivity contribution in [3.63, 3.8) is 0 Å². The fourth-order valence-electron chi connectivity index (χ4n) is 1.61. The van der Waals surface area contributed by atoms with Gasteiger partial charge in [0, 0.05) is 19.2 Å². The lowest BCUT2D eigenvalue weighted by Crippen LogP contribution is -2.31. The molecule has 0 aliphatic rings. The van der Waals surface area contributed by atoms with Gasteiger partial charge in [0.25, 0.3) is 5.69 Å². The molecule has 0 fully saturated rings. The predicted molar refractivity (Wildman–Crippen MR) is 73.3 cm³/mol. The average molecular weight is 293 g/mol. The van der Waals surface area contributed by atoms with Crippen molar-refractivity contribution in [3.05, 3.63) is 39.9 Å². The Balaban J connectivity index is 2.96. The maximum Gasteiger partial charge on any atom is 0.269 e. The number of aliphatic hydroxyl groups excluding tert-OH is 1. The van der Waals surface area contributed by atoms with Crippen molar-refractivity contribution in [2.24, 2.45) is 0 Å². The van der Waals surface area contributed by atoms with Crippen molar-refractivity contribution in [1.82, 2.24) is 0 Å². The lowest BCUT2D eigenvalue weighted by Gasteiger charge is -2.20. The molecule has 0 aliphatic heterocycles. The number of aliphatic hydroxyl groups is 1. The van der Waals surface area contributed by atoms with Gasteiger partial charge < -0.3 is 14.6 Å². The molecule has 0 unspecified atom stereocenters. The summed E-state index contributed by atoms with van der Waals surface area (Å²) in [4.78, 5) is 21.8. The van der Waals surface area contributed by atoms with Gasteiger partial charge in [0.2, 0.25) is 5.78 Å². The molecule has 0 spiro atoms. The van der Waals surface area contributed by atoms with E-state index in [1.54, 1.807) is 0 Å². The summed E-state index contributed by atoms with van der Waals surface area (Å²) >= 11 is 0. The van der Waals surface area contributed by atoms with E-state index < -0.39 is 22.9 Å². The Morgan fingerprint density at radius 3 is 2.52 bits per heavy atom. The monoisotopic (exact) mass is 293 g/mol. The van der Waals surface area contributed by atoms with Crippen LogP contribution in [0.3, 0.4) is 0 Å². The normalized spacial score (nSPS) is 12.9. The van der Waals surface area contributed by atoms with Crippen LogP contribution in [0.5, 0.6) is 0 Å². The molecule has 1 rings (SSSR count). The maximum absolute atomic E-state index is 11.8. The number of carbonyl (C=O) groups is 1. The molecule has 0 aliphatic carbocycles. The summed E-state index contributed by atoms with van der Waals surface area (Å²) in [6, 6.07) is 5.20. The Labute approximate surface area is 121 Å². The van der Waals surface area contributed by atoms with Crippen LogP contribution in [-0.4, -0.2) is 35.8 Å². The van der Waals surface area contributed by atoms with Gasteiger partial charge in [-0.3, -0.25) is 14.9 Å². The largest absolute Gasteiger partial charge is 0.385 e. The lowest BCUT2D eigenvalue weighted by atomic mass is 10.0. The summed E-state index contributed by atoms with van der Waals surface area (Å²) < 4.78 is 9.86. The van der Waals surface area contributed by atoms with Crippen LogP contribution in [0.4, 0.5) is 5.69 Å². The number of hydrogen-bond donors (Lipinski definition) is 1. The highest BCUT2D eigenvalue weighted by Crippen LogP contribution is 2.22. The zero-order valence-electron chi connectivity index (χ0n) is 11.6. The van der Waals surface area contributed by atoms with Crippen molar-refractivity contribution >= 4 is 11.5 Å². The first-order valence-electron chi connectivity index (χ1n) is 6.00. The zero-order chi connectivity index (χ0) is 15.8. The lowest BCUT2D eigenvalue weighted by molar-refractivity contribution is -0.384. The van der Waals surface area contributed by atoms with Crippen LogP contribution >= 0.6 is 0 Å². The highest BCUT2D eigenvalue weighted by atomic mass is 16.7. The van der Waals surface area contributed by atoms with Crippen molar-refractivity contribution in [2.75, 3.05) is 13.9 Å². The van der Waals surface area contributed by atoms with Gasteiger partial charge in [-0.1, -0.05) is 5.92 Å². The Hall–Kier alpha value is -2.27. The number of carbonyl (C=O) groups excluding carboxylic acids is 1. The molecule has 1 N–H and O–H groups in total. The summed E-state index contributed by atoms with van der Waals surface area (Å²) in [5, 5.41) is 20.8. The van der Waals surface area contributed by atoms with E-state index in [1.807, 2.05) is 0 Å². The van der Waals surface area contributed by atoms with Crippen molar-refractivity contribution in [3.8, 4) is 11.8 Å². The third-order valence-electron chi connectivity index (χ3n) is 2.60. The van der Waals surface area contributed by atoms with E-state index >= 15 is 0 Å². The molecule has 0 heterocycles. The Morgan fingerprint density at radius 2 is 2.05 bits per heavy atom. The Morgan fingerprint density at radius 1 is 1.43 bits per heavy atom. The molecule has 1 aromatic rings. The van der Waals surface area contributed by atoms with Crippen LogP contribution in [0.15, 0.2) is 24.3 Å². The Kier molecular flexibility index (Phi) is 6.49. The van der Waals surface area contributed by atoms with Crippen LogP contribution in [0.1, 0.15) is 18.6 Å². The second kappa shape index (κ2) is 8.11. The van der Waals surface area contributed by atoms with Crippen molar-refractivity contribution < 1.29 is 24.3 Å². The topological polar surface area (TPSA) is 98.9 Å². The summed E-state index contributed by atoms with van der Waals surface area (Å²) in [5.41, 5.74) is 0.202. The van der Waals surface area contributed by atoms with E-state index in [-0.39, 0.29) is 12.5 Å². The van der Waals surface area contributed by atoms with Gasteiger partial charge in [-0.05, 0) is 30.5 Å². The van der Waals surface area contributed by atoms with E-state index in [1.165, 1.54) is 38.3 Å². The summed E-state index contributed by atoms with van der Waals surface area (Å²) in [6.45, 7) is 1.30. The van der Waals surface area contributed by atoms with Crippen LogP contribution in [-0.2, 0) is 14.3 Å². The van der Waals surface area contributed by atoms with Crippen LogP contribution in [0.2, 0.25) is 0 Å². The van der Waals surface area contributed by atoms with Gasteiger partial charge in [-0.25, -0.2) is 0 Å². The van der Waals surface area contributed by atoms with Crippen molar-refractivity contribution in [2.45, 2.75) is 19.1 Å². The predicted octanol–water partition coefficient (Wildman–Crippen LogP) is 1.21. The second-order valence-corrected chi connectivity index (χ2v) is 4.03. The smallest absolute Gasteiger partial charge is 0.269 e. The third kappa shape index (κ3) is 4.65. The summed E-state index contributed by atoms with van der Waals surface area (Å²) in [5.74, 6) is 4.13. The van der Waals surface area contributed by atoms with Crippen LogP contribution < -0.4 is 0 Å². The van der Waals surface area contributed by atoms with E-state index in [4.69, 9.17) is 9.47 Å². The molecule has 7 nitrogen and oxygen atoms in total. The number of nitro groups is 1. The van der Waals surface area contributed by atoms with E-state index in [0.717, 1.165) is 0 Å². The number of hydrogen-bond acceptors (Lipinski definition) is 6. The summed E-state index contributed by atoms with van der Waals surface area (Å²) in [7, 11) is 1.38. The van der Waals surface area contributed by atoms with Crippen LogP contribution in [0.25, 0.3) is 0 Å². The molecule has 0 saturated carbocycles. The van der Waals surface area contributed by atoms with Gasteiger partial charge in [0.05, 0.1) is 4.92 Å². The molecule has 2 atom stereocenters. The molecular formula is C14H15NO6. The summed E-state index contributed by atoms with van der Waals surface area (Å²) in [6.07, 6.45) is -2.52. The highest BCUT2D eigenvalue weighted by Gasteiger charge is 2.28. The standard InChI is InChI=1S/C14H15NO6/c1-3-4-12(16)14(21-9-20-2)13(17)10-5-7-11(8-6-10)15(18)19/h5-8,13-14,17H,9H2,1-2H3/t13-,14+/m0/s1. The number of nitrogens with zero attached hydrogens (tertiary/aromatic N) is 1. The van der Waals surface area contributed by atoms with E-state index in [0.29, 0.717) is 5.56 Å². The maximum atomic E-state index is 11.8. The first kappa shape index (κ1) is 16.8. The number of methoxy groups -OCH3 is 1. The Bertz CT molecular complexity index is 557. The number of Topliss-reactive ketones (excluding diaryl/α,β-unsaturated/α-hetero) is 1. The van der Waals surface area contributed by atoms with Gasteiger partial charge in [0.1, 0.15) is 12.9 Å². The molecule has 1 aromatic carbocycles. The fourth-order valence-corrected chi connectivity index (χ4v) is 1.61. The molecule has 0 saturated heterocycles. The zero-order valence-corrected chi connectivity index (χ0v) is 11.6. The minimum absolute atomic E-state index is 0.111. The van der Waals surface area contributed by atoms with Crippen LogP contribution in [0, 0.1) is 22.0 Å². The van der Waals surface area contributed by atoms with Crippen molar-refractivity contribution in [1.29, 1.82) is 0 Å². The number of non-ortho nitro benzene ring substituents is 1. The second-order valence-electron chi connectivity index (χ2n) is 4.03. The fraction of sp³-hybridized carbons (Fsp3) is 0.357. The quantitative estimate of drug-likeness (QED) is 0.267. The molecule has 21 heavy (non-hydrogen) atoms. The number of rotatable bonds is 7. The van der Waals surface area contributed by atoms with Gasteiger partial charge in [-0.2, -0.15) is 0 Å². The minimum atomic E-state index is -1.30. The molecular weight excluding hydrogens is 278 g/mol. The molecule has 112 valence electrons. The molecule has 7 heteroatoms. The van der Waals surface area contributed by atoms with Gasteiger partial charge in [-0.15, -0.1) is 0 Å². The molecule has 0 radical (unpaired) electrons.